The van der Waals surface area contributed by atoms with Crippen molar-refractivity contribution in [2.75, 3.05) is 24.9 Å². The molecular weight excluding hydrogens is 332 g/mol. The molecule has 0 saturated heterocycles. The zero-order valence-corrected chi connectivity index (χ0v) is 14.4. The van der Waals surface area contributed by atoms with E-state index >= 15 is 0 Å². The fraction of sp³-hybridized carbons (Fsp3) is 0.105. The molecule has 1 aromatic heterocycles. The fourth-order valence-electron chi connectivity index (χ4n) is 2.30. The van der Waals surface area contributed by atoms with Gasteiger partial charge in [-0.15, -0.1) is 10.2 Å². The van der Waals surface area contributed by atoms with Crippen LogP contribution >= 0.6 is 0 Å². The molecule has 0 spiro atoms. The fourth-order valence-corrected chi connectivity index (χ4v) is 2.30. The third kappa shape index (κ3) is 4.07. The summed E-state index contributed by atoms with van der Waals surface area (Å²) in [6, 6.07) is 17.9. The molecule has 0 atom stereocenters. The number of hydrogen-bond acceptors (Lipinski definition) is 6. The van der Waals surface area contributed by atoms with Crippen molar-refractivity contribution >= 4 is 23.1 Å². The number of ether oxygens (including phenoxy) is 2. The summed E-state index contributed by atoms with van der Waals surface area (Å²) in [6.07, 6.45) is 0. The zero-order chi connectivity index (χ0) is 18.4. The van der Waals surface area contributed by atoms with Crippen LogP contribution in [0.4, 0.5) is 17.2 Å². The quantitative estimate of drug-likeness (QED) is 0.708. The summed E-state index contributed by atoms with van der Waals surface area (Å²) in [5, 5.41) is 13.9. The van der Waals surface area contributed by atoms with E-state index in [0.717, 1.165) is 11.4 Å². The van der Waals surface area contributed by atoms with Crippen LogP contribution in [0.15, 0.2) is 60.7 Å². The smallest absolute Gasteiger partial charge is 0.276 e. The van der Waals surface area contributed by atoms with Gasteiger partial charge < -0.3 is 20.1 Å². The SMILES string of the molecule is COc1cccc(Nc2ccc(C(=O)Nc3ccccc3OC)nn2)c1. The van der Waals surface area contributed by atoms with Crippen molar-refractivity contribution in [1.82, 2.24) is 10.2 Å². The van der Waals surface area contributed by atoms with Crippen LogP contribution in [0.3, 0.4) is 0 Å². The largest absolute Gasteiger partial charge is 0.497 e. The van der Waals surface area contributed by atoms with Crippen molar-refractivity contribution < 1.29 is 14.3 Å². The van der Waals surface area contributed by atoms with Crippen molar-refractivity contribution in [1.29, 1.82) is 0 Å². The first-order valence-electron chi connectivity index (χ1n) is 7.89. The molecule has 0 radical (unpaired) electrons. The maximum atomic E-state index is 12.3. The highest BCUT2D eigenvalue weighted by Crippen LogP contribution is 2.24. The molecule has 1 amide bonds. The topological polar surface area (TPSA) is 85.4 Å². The van der Waals surface area contributed by atoms with Crippen molar-refractivity contribution in [3.05, 3.63) is 66.4 Å². The van der Waals surface area contributed by atoms with E-state index in [4.69, 9.17) is 9.47 Å². The van der Waals surface area contributed by atoms with E-state index in [1.807, 2.05) is 36.4 Å². The normalized spacial score (nSPS) is 10.1. The lowest BCUT2D eigenvalue weighted by Crippen LogP contribution is -2.15. The number of aromatic nitrogens is 2. The number of carbonyl (C=O) groups is 1. The molecule has 0 aliphatic heterocycles. The van der Waals surface area contributed by atoms with Gasteiger partial charge in [0.15, 0.2) is 11.5 Å². The number of hydrogen-bond donors (Lipinski definition) is 2. The Kier molecular flexibility index (Phi) is 5.28. The lowest BCUT2D eigenvalue weighted by molar-refractivity contribution is 0.102. The Balaban J connectivity index is 1.69. The molecular formula is C19H18N4O3. The summed E-state index contributed by atoms with van der Waals surface area (Å²) < 4.78 is 10.4. The van der Waals surface area contributed by atoms with Gasteiger partial charge in [0.1, 0.15) is 11.5 Å². The van der Waals surface area contributed by atoms with E-state index in [9.17, 15) is 4.79 Å². The Morgan fingerprint density at radius 3 is 2.50 bits per heavy atom. The molecule has 0 unspecified atom stereocenters. The van der Waals surface area contributed by atoms with Crippen LogP contribution in [0.25, 0.3) is 0 Å². The second-order valence-corrected chi connectivity index (χ2v) is 5.32. The Morgan fingerprint density at radius 1 is 0.923 bits per heavy atom. The zero-order valence-electron chi connectivity index (χ0n) is 14.4. The van der Waals surface area contributed by atoms with E-state index in [1.54, 1.807) is 38.5 Å². The predicted octanol–water partition coefficient (Wildman–Crippen LogP) is 3.49. The van der Waals surface area contributed by atoms with Crippen LogP contribution < -0.4 is 20.1 Å². The van der Waals surface area contributed by atoms with Gasteiger partial charge in [0, 0.05) is 11.8 Å². The van der Waals surface area contributed by atoms with Crippen molar-refractivity contribution in [3.8, 4) is 11.5 Å². The summed E-state index contributed by atoms with van der Waals surface area (Å²) in [6.45, 7) is 0. The average Bonchev–Trinajstić information content (AvgIpc) is 2.69. The first-order valence-corrected chi connectivity index (χ1v) is 7.89. The van der Waals surface area contributed by atoms with Crippen LogP contribution in [-0.4, -0.2) is 30.3 Å². The van der Waals surface area contributed by atoms with Crippen molar-refractivity contribution in [2.24, 2.45) is 0 Å². The van der Waals surface area contributed by atoms with E-state index in [0.29, 0.717) is 17.3 Å². The Morgan fingerprint density at radius 2 is 1.77 bits per heavy atom. The molecule has 0 bridgehead atoms. The first-order chi connectivity index (χ1) is 12.7. The van der Waals surface area contributed by atoms with Gasteiger partial charge in [-0.1, -0.05) is 18.2 Å². The molecule has 0 aliphatic rings. The number of nitrogens with one attached hydrogen (secondary N) is 2. The molecule has 2 N–H and O–H groups in total. The number of carbonyl (C=O) groups excluding carboxylic acids is 1. The van der Waals surface area contributed by atoms with Gasteiger partial charge in [0.05, 0.1) is 19.9 Å². The first kappa shape index (κ1) is 17.2. The van der Waals surface area contributed by atoms with Gasteiger partial charge in [-0.3, -0.25) is 4.79 Å². The van der Waals surface area contributed by atoms with Gasteiger partial charge in [-0.05, 0) is 36.4 Å². The van der Waals surface area contributed by atoms with E-state index in [-0.39, 0.29) is 11.6 Å². The lowest BCUT2D eigenvalue weighted by Gasteiger charge is -2.10. The number of benzene rings is 2. The van der Waals surface area contributed by atoms with Gasteiger partial charge in [0.25, 0.3) is 5.91 Å². The highest BCUT2D eigenvalue weighted by Gasteiger charge is 2.11. The van der Waals surface area contributed by atoms with Crippen LogP contribution in [0.1, 0.15) is 10.5 Å². The van der Waals surface area contributed by atoms with E-state index in [1.165, 1.54) is 0 Å². The van der Waals surface area contributed by atoms with Gasteiger partial charge in [-0.2, -0.15) is 0 Å². The summed E-state index contributed by atoms with van der Waals surface area (Å²) in [5.41, 5.74) is 1.58. The van der Waals surface area contributed by atoms with Crippen LogP contribution in [0.5, 0.6) is 11.5 Å². The number of rotatable bonds is 6. The number of methoxy groups -OCH3 is 2. The number of anilines is 3. The van der Waals surface area contributed by atoms with Gasteiger partial charge in [-0.25, -0.2) is 0 Å². The Bertz CT molecular complexity index is 897. The van der Waals surface area contributed by atoms with Crippen LogP contribution in [0.2, 0.25) is 0 Å². The summed E-state index contributed by atoms with van der Waals surface area (Å²) in [4.78, 5) is 12.3. The summed E-state index contributed by atoms with van der Waals surface area (Å²) in [5.74, 6) is 1.46. The molecule has 132 valence electrons. The average molecular weight is 350 g/mol. The molecule has 3 rings (SSSR count). The third-order valence-electron chi connectivity index (χ3n) is 3.59. The van der Waals surface area contributed by atoms with Crippen molar-refractivity contribution in [2.45, 2.75) is 0 Å². The lowest BCUT2D eigenvalue weighted by atomic mass is 10.2. The Labute approximate surface area is 151 Å². The highest BCUT2D eigenvalue weighted by atomic mass is 16.5. The molecule has 7 nitrogen and oxygen atoms in total. The molecule has 2 aromatic carbocycles. The number of para-hydroxylation sites is 2. The molecule has 0 saturated carbocycles. The summed E-state index contributed by atoms with van der Waals surface area (Å²) in [7, 11) is 3.15. The Hall–Kier alpha value is -3.61. The van der Waals surface area contributed by atoms with E-state index < -0.39 is 0 Å². The van der Waals surface area contributed by atoms with Gasteiger partial charge >= 0.3 is 0 Å². The molecule has 7 heteroatoms. The number of amides is 1. The molecule has 3 aromatic rings. The third-order valence-corrected chi connectivity index (χ3v) is 3.59. The predicted molar refractivity (Wildman–Crippen MR) is 99.3 cm³/mol. The minimum absolute atomic E-state index is 0.201. The maximum Gasteiger partial charge on any atom is 0.276 e. The van der Waals surface area contributed by atoms with E-state index in [2.05, 4.69) is 20.8 Å². The molecule has 0 fully saturated rings. The highest BCUT2D eigenvalue weighted by molar-refractivity contribution is 6.03. The summed E-state index contributed by atoms with van der Waals surface area (Å²) >= 11 is 0. The second kappa shape index (κ2) is 7.98. The maximum absolute atomic E-state index is 12.3. The second-order valence-electron chi connectivity index (χ2n) is 5.32. The monoisotopic (exact) mass is 350 g/mol. The minimum Gasteiger partial charge on any atom is -0.497 e. The molecule has 0 aliphatic carbocycles. The minimum atomic E-state index is -0.366. The molecule has 1 heterocycles. The van der Waals surface area contributed by atoms with Crippen LogP contribution in [-0.2, 0) is 0 Å². The van der Waals surface area contributed by atoms with Gasteiger partial charge in [0.2, 0.25) is 0 Å². The van der Waals surface area contributed by atoms with Crippen molar-refractivity contribution in [3.63, 3.8) is 0 Å². The standard InChI is InChI=1S/C19H18N4O3/c1-25-14-7-5-6-13(12-14)20-18-11-10-16(22-23-18)19(24)21-15-8-3-4-9-17(15)26-2/h3-12H,1-2H3,(H,20,23)(H,21,24). The van der Waals surface area contributed by atoms with Crippen LogP contribution in [0, 0.1) is 0 Å². The number of nitrogens with zero attached hydrogens (tertiary/aromatic N) is 2. The molecule has 26 heavy (non-hydrogen) atoms.